The van der Waals surface area contributed by atoms with E-state index in [1.165, 1.54) is 13.2 Å². The smallest absolute Gasteiger partial charge is 0.226 e. The second kappa shape index (κ2) is 6.29. The van der Waals surface area contributed by atoms with Crippen molar-refractivity contribution in [2.24, 2.45) is 5.73 Å². The standard InChI is InChI=1S/C14H17FN4O/c1-9-5-13(20-2)19-14(18-9)17-8-11-4-3-10(7-16)6-12(11)15/h3-6H,7-8,16H2,1-2H3,(H,17,18,19). The van der Waals surface area contributed by atoms with Crippen LogP contribution < -0.4 is 15.8 Å². The predicted octanol–water partition coefficient (Wildman–Crippen LogP) is 2.00. The second-order valence-corrected chi connectivity index (χ2v) is 4.36. The van der Waals surface area contributed by atoms with Gasteiger partial charge in [0.1, 0.15) is 5.82 Å². The van der Waals surface area contributed by atoms with Crippen LogP contribution in [0.5, 0.6) is 5.88 Å². The van der Waals surface area contributed by atoms with Gasteiger partial charge in [-0.05, 0) is 18.6 Å². The molecule has 0 spiro atoms. The molecule has 0 saturated carbocycles. The summed E-state index contributed by atoms with van der Waals surface area (Å²) in [6.07, 6.45) is 0. The molecule has 0 unspecified atom stereocenters. The van der Waals surface area contributed by atoms with E-state index in [0.717, 1.165) is 11.3 Å². The lowest BCUT2D eigenvalue weighted by Gasteiger charge is -2.09. The summed E-state index contributed by atoms with van der Waals surface area (Å²) in [6, 6.07) is 6.67. The molecule has 0 aliphatic heterocycles. The molecule has 1 aromatic carbocycles. The van der Waals surface area contributed by atoms with Gasteiger partial charge >= 0.3 is 0 Å². The van der Waals surface area contributed by atoms with Crippen molar-refractivity contribution in [2.45, 2.75) is 20.0 Å². The minimum absolute atomic E-state index is 0.292. The molecule has 0 fully saturated rings. The lowest BCUT2D eigenvalue weighted by Crippen LogP contribution is -2.07. The molecule has 0 radical (unpaired) electrons. The largest absolute Gasteiger partial charge is 0.481 e. The third-order valence-corrected chi connectivity index (χ3v) is 2.83. The molecule has 1 aromatic heterocycles. The van der Waals surface area contributed by atoms with Crippen molar-refractivity contribution in [3.8, 4) is 5.88 Å². The van der Waals surface area contributed by atoms with Crippen molar-refractivity contribution in [1.29, 1.82) is 0 Å². The molecule has 0 atom stereocenters. The fraction of sp³-hybridized carbons (Fsp3) is 0.286. The normalized spacial score (nSPS) is 10.4. The quantitative estimate of drug-likeness (QED) is 0.874. The monoisotopic (exact) mass is 276 g/mol. The Bertz CT molecular complexity index is 604. The van der Waals surface area contributed by atoms with E-state index < -0.39 is 0 Å². The fourth-order valence-corrected chi connectivity index (χ4v) is 1.76. The summed E-state index contributed by atoms with van der Waals surface area (Å²) >= 11 is 0. The van der Waals surface area contributed by atoms with Crippen LogP contribution in [0.3, 0.4) is 0 Å². The molecule has 0 saturated heterocycles. The highest BCUT2D eigenvalue weighted by molar-refractivity contribution is 5.33. The molecule has 1 heterocycles. The average molecular weight is 276 g/mol. The first kappa shape index (κ1) is 14.2. The number of hydrogen-bond donors (Lipinski definition) is 2. The van der Waals surface area contributed by atoms with Crippen LogP contribution in [-0.2, 0) is 13.1 Å². The molecule has 2 rings (SSSR count). The van der Waals surface area contributed by atoms with Gasteiger partial charge in [0.05, 0.1) is 7.11 Å². The topological polar surface area (TPSA) is 73.1 Å². The summed E-state index contributed by atoms with van der Waals surface area (Å²) in [4.78, 5) is 8.36. The third kappa shape index (κ3) is 3.42. The predicted molar refractivity (Wildman–Crippen MR) is 74.9 cm³/mol. The van der Waals surface area contributed by atoms with Crippen molar-refractivity contribution < 1.29 is 9.13 Å². The van der Waals surface area contributed by atoms with Crippen molar-refractivity contribution >= 4 is 5.95 Å². The van der Waals surface area contributed by atoms with Gasteiger partial charge in [-0.25, -0.2) is 9.37 Å². The number of anilines is 1. The van der Waals surface area contributed by atoms with Crippen LogP contribution in [0.15, 0.2) is 24.3 Å². The van der Waals surface area contributed by atoms with Gasteiger partial charge in [0.25, 0.3) is 0 Å². The Hall–Kier alpha value is -2.21. The van der Waals surface area contributed by atoms with E-state index in [-0.39, 0.29) is 5.82 Å². The number of aromatic nitrogens is 2. The van der Waals surface area contributed by atoms with Crippen LogP contribution in [0.1, 0.15) is 16.8 Å². The van der Waals surface area contributed by atoms with Gasteiger partial charge in [0, 0.05) is 30.4 Å². The number of aryl methyl sites for hydroxylation is 1. The van der Waals surface area contributed by atoms with Gasteiger partial charge < -0.3 is 15.8 Å². The highest BCUT2D eigenvalue weighted by Crippen LogP contribution is 2.14. The second-order valence-electron chi connectivity index (χ2n) is 4.36. The minimum atomic E-state index is -0.292. The Kier molecular flexibility index (Phi) is 4.47. The molecule has 2 aromatic rings. The van der Waals surface area contributed by atoms with Gasteiger partial charge in [-0.2, -0.15) is 4.98 Å². The maximum atomic E-state index is 13.8. The zero-order valence-electron chi connectivity index (χ0n) is 11.5. The van der Waals surface area contributed by atoms with Crippen LogP contribution in [0, 0.1) is 12.7 Å². The number of rotatable bonds is 5. The van der Waals surface area contributed by atoms with Crippen LogP contribution in [0.25, 0.3) is 0 Å². The zero-order valence-corrected chi connectivity index (χ0v) is 11.5. The van der Waals surface area contributed by atoms with Crippen LogP contribution in [0.2, 0.25) is 0 Å². The Morgan fingerprint density at radius 2 is 2.10 bits per heavy atom. The molecule has 20 heavy (non-hydrogen) atoms. The van der Waals surface area contributed by atoms with E-state index in [2.05, 4.69) is 15.3 Å². The summed E-state index contributed by atoms with van der Waals surface area (Å²) < 4.78 is 18.9. The SMILES string of the molecule is COc1cc(C)nc(NCc2ccc(CN)cc2F)n1. The van der Waals surface area contributed by atoms with Crippen molar-refractivity contribution in [3.63, 3.8) is 0 Å². The molecule has 0 bridgehead atoms. The van der Waals surface area contributed by atoms with Crippen molar-refractivity contribution in [1.82, 2.24) is 9.97 Å². The van der Waals surface area contributed by atoms with Crippen LogP contribution >= 0.6 is 0 Å². The van der Waals surface area contributed by atoms with Crippen molar-refractivity contribution in [3.05, 3.63) is 46.9 Å². The molecular formula is C14H17FN4O. The maximum Gasteiger partial charge on any atom is 0.226 e. The average Bonchev–Trinajstić information content (AvgIpc) is 2.45. The first-order valence-electron chi connectivity index (χ1n) is 6.23. The zero-order chi connectivity index (χ0) is 14.5. The number of ether oxygens (including phenoxy) is 1. The Morgan fingerprint density at radius 3 is 2.75 bits per heavy atom. The summed E-state index contributed by atoms with van der Waals surface area (Å²) in [5, 5.41) is 2.98. The van der Waals surface area contributed by atoms with Gasteiger partial charge in [-0.15, -0.1) is 0 Å². The number of nitrogens with one attached hydrogen (secondary N) is 1. The summed E-state index contributed by atoms with van der Waals surface area (Å²) in [5.41, 5.74) is 7.54. The molecule has 6 heteroatoms. The molecular weight excluding hydrogens is 259 g/mol. The van der Waals surface area contributed by atoms with Crippen LogP contribution in [0.4, 0.5) is 10.3 Å². The molecule has 0 aliphatic rings. The molecule has 106 valence electrons. The number of hydrogen-bond acceptors (Lipinski definition) is 5. The first-order valence-corrected chi connectivity index (χ1v) is 6.23. The highest BCUT2D eigenvalue weighted by atomic mass is 19.1. The van der Waals surface area contributed by atoms with E-state index in [4.69, 9.17) is 10.5 Å². The van der Waals surface area contributed by atoms with Crippen LogP contribution in [-0.4, -0.2) is 17.1 Å². The van der Waals surface area contributed by atoms with Gasteiger partial charge in [0.15, 0.2) is 0 Å². The maximum absolute atomic E-state index is 13.8. The lowest BCUT2D eigenvalue weighted by atomic mass is 10.1. The highest BCUT2D eigenvalue weighted by Gasteiger charge is 2.06. The fourth-order valence-electron chi connectivity index (χ4n) is 1.76. The molecule has 3 N–H and O–H groups in total. The van der Waals surface area contributed by atoms with E-state index in [0.29, 0.717) is 30.5 Å². The van der Waals surface area contributed by atoms with Gasteiger partial charge in [-0.1, -0.05) is 12.1 Å². The van der Waals surface area contributed by atoms with E-state index in [1.54, 1.807) is 18.2 Å². The number of halogens is 1. The minimum Gasteiger partial charge on any atom is -0.481 e. The van der Waals surface area contributed by atoms with E-state index in [9.17, 15) is 4.39 Å². The Balaban J connectivity index is 2.10. The Labute approximate surface area is 117 Å². The third-order valence-electron chi connectivity index (χ3n) is 2.83. The number of nitrogens with zero attached hydrogens (tertiary/aromatic N) is 2. The van der Waals surface area contributed by atoms with E-state index in [1.807, 2.05) is 6.92 Å². The van der Waals surface area contributed by atoms with E-state index >= 15 is 0 Å². The lowest BCUT2D eigenvalue weighted by molar-refractivity contribution is 0.397. The van der Waals surface area contributed by atoms with Gasteiger partial charge in [-0.3, -0.25) is 0 Å². The summed E-state index contributed by atoms with van der Waals surface area (Å²) in [6.45, 7) is 2.46. The van der Waals surface area contributed by atoms with Crippen molar-refractivity contribution in [2.75, 3.05) is 12.4 Å². The number of methoxy groups -OCH3 is 1. The summed E-state index contributed by atoms with van der Waals surface area (Å²) in [7, 11) is 1.54. The summed E-state index contributed by atoms with van der Waals surface area (Å²) in [5.74, 6) is 0.586. The first-order chi connectivity index (χ1) is 9.62. The molecule has 0 amide bonds. The Morgan fingerprint density at radius 1 is 1.30 bits per heavy atom. The van der Waals surface area contributed by atoms with Gasteiger partial charge in [0.2, 0.25) is 11.8 Å². The molecule has 5 nitrogen and oxygen atoms in total. The number of nitrogens with two attached hydrogens (primary N) is 1. The number of benzene rings is 1. The molecule has 0 aliphatic carbocycles.